The second-order valence-electron chi connectivity index (χ2n) is 4.63. The van der Waals surface area contributed by atoms with Gasteiger partial charge < -0.3 is 10.0 Å². The molecule has 0 saturated heterocycles. The number of para-hydroxylation sites is 1. The number of nitrogens with zero attached hydrogens (tertiary/aromatic N) is 2. The van der Waals surface area contributed by atoms with Crippen molar-refractivity contribution in [2.75, 3.05) is 18.0 Å². The second kappa shape index (κ2) is 6.88. The predicted octanol–water partition coefficient (Wildman–Crippen LogP) is 4.13. The van der Waals surface area contributed by atoms with Crippen molar-refractivity contribution in [3.05, 3.63) is 53.8 Å². The van der Waals surface area contributed by atoms with E-state index in [0.29, 0.717) is 5.56 Å². The highest BCUT2D eigenvalue weighted by Gasteiger charge is 2.06. The summed E-state index contributed by atoms with van der Waals surface area (Å²) in [5, 5.41) is 10.1. The number of aliphatic imine (C=N–C) groups is 1. The van der Waals surface area contributed by atoms with Crippen LogP contribution < -0.4 is 4.90 Å². The fraction of sp³-hybridized carbons (Fsp3) is 0.235. The first kappa shape index (κ1) is 15.0. The van der Waals surface area contributed by atoms with E-state index >= 15 is 0 Å². The van der Waals surface area contributed by atoms with Crippen molar-refractivity contribution in [2.24, 2.45) is 4.99 Å². The van der Waals surface area contributed by atoms with E-state index in [1.54, 1.807) is 30.3 Å². The Morgan fingerprint density at radius 1 is 1.14 bits per heavy atom. The molecule has 0 fully saturated rings. The van der Waals surface area contributed by atoms with E-state index in [2.05, 4.69) is 23.7 Å². The molecular formula is C17H19FN2O. The molecular weight excluding hydrogens is 267 g/mol. The van der Waals surface area contributed by atoms with Crippen LogP contribution in [0.1, 0.15) is 19.4 Å². The number of anilines is 1. The van der Waals surface area contributed by atoms with Crippen molar-refractivity contribution in [3.8, 4) is 5.75 Å². The quantitative estimate of drug-likeness (QED) is 0.839. The lowest BCUT2D eigenvalue weighted by Gasteiger charge is -2.21. The van der Waals surface area contributed by atoms with Gasteiger partial charge in [-0.3, -0.25) is 4.99 Å². The van der Waals surface area contributed by atoms with Crippen molar-refractivity contribution in [3.63, 3.8) is 0 Å². The molecule has 0 aliphatic rings. The van der Waals surface area contributed by atoms with Crippen molar-refractivity contribution >= 4 is 17.6 Å². The van der Waals surface area contributed by atoms with Gasteiger partial charge in [-0.15, -0.1) is 0 Å². The van der Waals surface area contributed by atoms with E-state index in [0.717, 1.165) is 18.8 Å². The molecule has 0 unspecified atom stereocenters. The van der Waals surface area contributed by atoms with Gasteiger partial charge in [-0.05, 0) is 38.1 Å². The minimum Gasteiger partial charge on any atom is -0.507 e. The van der Waals surface area contributed by atoms with E-state index in [-0.39, 0.29) is 17.3 Å². The maximum absolute atomic E-state index is 13.5. The Labute approximate surface area is 124 Å². The third-order valence-electron chi connectivity index (χ3n) is 3.34. The molecule has 0 aliphatic heterocycles. The standard InChI is InChI=1S/C17H19FN2O/c1-3-20(4-2)14-10-9-13(17(21)11-14)12-19-16-8-6-5-7-15(16)18/h5-12,21H,3-4H2,1-2H3. The summed E-state index contributed by atoms with van der Waals surface area (Å²) < 4.78 is 13.5. The molecule has 0 bridgehead atoms. The number of aromatic hydroxyl groups is 1. The van der Waals surface area contributed by atoms with Crippen LogP contribution in [0.15, 0.2) is 47.5 Å². The van der Waals surface area contributed by atoms with Crippen molar-refractivity contribution in [2.45, 2.75) is 13.8 Å². The molecule has 1 N–H and O–H groups in total. The summed E-state index contributed by atoms with van der Waals surface area (Å²) in [6.07, 6.45) is 1.47. The van der Waals surface area contributed by atoms with Gasteiger partial charge in [0.05, 0.1) is 5.69 Å². The van der Waals surface area contributed by atoms with Gasteiger partial charge in [-0.1, -0.05) is 12.1 Å². The molecule has 2 rings (SSSR count). The summed E-state index contributed by atoms with van der Waals surface area (Å²) in [7, 11) is 0. The van der Waals surface area contributed by atoms with Crippen LogP contribution in [0.5, 0.6) is 5.75 Å². The van der Waals surface area contributed by atoms with Gasteiger partial charge in [-0.2, -0.15) is 0 Å². The average Bonchev–Trinajstić information content (AvgIpc) is 2.49. The van der Waals surface area contributed by atoms with Crippen LogP contribution in [0, 0.1) is 5.82 Å². The molecule has 0 amide bonds. The molecule has 0 saturated carbocycles. The Balaban J connectivity index is 2.24. The Hall–Kier alpha value is -2.36. The van der Waals surface area contributed by atoms with Crippen LogP contribution in [-0.4, -0.2) is 24.4 Å². The number of halogens is 1. The fourth-order valence-electron chi connectivity index (χ4n) is 2.12. The molecule has 21 heavy (non-hydrogen) atoms. The van der Waals surface area contributed by atoms with Gasteiger partial charge in [0.1, 0.15) is 11.6 Å². The van der Waals surface area contributed by atoms with Crippen LogP contribution in [-0.2, 0) is 0 Å². The van der Waals surface area contributed by atoms with Gasteiger partial charge in [0.2, 0.25) is 0 Å². The van der Waals surface area contributed by atoms with Crippen molar-refractivity contribution < 1.29 is 9.50 Å². The van der Waals surface area contributed by atoms with Gasteiger partial charge in [-0.25, -0.2) is 4.39 Å². The molecule has 0 aromatic heterocycles. The molecule has 2 aromatic carbocycles. The lowest BCUT2D eigenvalue weighted by Crippen LogP contribution is -2.21. The van der Waals surface area contributed by atoms with E-state index < -0.39 is 0 Å². The Bertz CT molecular complexity index is 636. The van der Waals surface area contributed by atoms with E-state index in [1.165, 1.54) is 12.3 Å². The molecule has 0 radical (unpaired) electrons. The lowest BCUT2D eigenvalue weighted by atomic mass is 10.2. The van der Waals surface area contributed by atoms with Crippen molar-refractivity contribution in [1.29, 1.82) is 0 Å². The average molecular weight is 286 g/mol. The number of rotatable bonds is 5. The molecule has 2 aromatic rings. The van der Waals surface area contributed by atoms with Crippen LogP contribution >= 0.6 is 0 Å². The highest BCUT2D eigenvalue weighted by atomic mass is 19.1. The van der Waals surface area contributed by atoms with E-state index in [9.17, 15) is 9.50 Å². The maximum atomic E-state index is 13.5. The molecule has 110 valence electrons. The number of hydrogen-bond acceptors (Lipinski definition) is 3. The minimum absolute atomic E-state index is 0.138. The molecule has 0 spiro atoms. The van der Waals surface area contributed by atoms with Gasteiger partial charge >= 0.3 is 0 Å². The molecule has 0 atom stereocenters. The normalized spacial score (nSPS) is 11.0. The van der Waals surface area contributed by atoms with Crippen LogP contribution in [0.2, 0.25) is 0 Å². The number of phenolic OH excluding ortho intramolecular Hbond substituents is 1. The smallest absolute Gasteiger partial charge is 0.148 e. The topological polar surface area (TPSA) is 35.8 Å². The summed E-state index contributed by atoms with van der Waals surface area (Å²) >= 11 is 0. The summed E-state index contributed by atoms with van der Waals surface area (Å²) in [5.74, 6) is -0.243. The summed E-state index contributed by atoms with van der Waals surface area (Å²) in [4.78, 5) is 6.21. The number of benzene rings is 2. The largest absolute Gasteiger partial charge is 0.507 e. The number of phenols is 1. The molecule has 4 heteroatoms. The third-order valence-corrected chi connectivity index (χ3v) is 3.34. The van der Waals surface area contributed by atoms with E-state index in [4.69, 9.17) is 0 Å². The minimum atomic E-state index is -0.381. The third kappa shape index (κ3) is 3.60. The Morgan fingerprint density at radius 3 is 2.48 bits per heavy atom. The van der Waals surface area contributed by atoms with Crippen molar-refractivity contribution in [1.82, 2.24) is 0 Å². The zero-order chi connectivity index (χ0) is 15.2. The highest BCUT2D eigenvalue weighted by Crippen LogP contribution is 2.24. The first-order valence-corrected chi connectivity index (χ1v) is 7.02. The predicted molar refractivity (Wildman–Crippen MR) is 85.3 cm³/mol. The van der Waals surface area contributed by atoms with Gasteiger partial charge in [0.25, 0.3) is 0 Å². The summed E-state index contributed by atoms with van der Waals surface area (Å²) in [6.45, 7) is 5.87. The first-order chi connectivity index (χ1) is 10.2. The maximum Gasteiger partial charge on any atom is 0.148 e. The number of hydrogen-bond donors (Lipinski definition) is 1. The van der Waals surface area contributed by atoms with Crippen LogP contribution in [0.4, 0.5) is 15.8 Å². The Kier molecular flexibility index (Phi) is 4.93. The molecule has 0 aliphatic carbocycles. The zero-order valence-corrected chi connectivity index (χ0v) is 12.3. The second-order valence-corrected chi connectivity index (χ2v) is 4.63. The Morgan fingerprint density at radius 2 is 1.86 bits per heavy atom. The first-order valence-electron chi connectivity index (χ1n) is 7.02. The lowest BCUT2D eigenvalue weighted by molar-refractivity contribution is 0.474. The van der Waals surface area contributed by atoms with E-state index in [1.807, 2.05) is 6.07 Å². The molecule has 3 nitrogen and oxygen atoms in total. The highest BCUT2D eigenvalue weighted by molar-refractivity contribution is 5.86. The summed E-state index contributed by atoms with van der Waals surface area (Å²) in [5.41, 5.74) is 1.78. The van der Waals surface area contributed by atoms with Crippen LogP contribution in [0.25, 0.3) is 0 Å². The molecule has 0 heterocycles. The van der Waals surface area contributed by atoms with Gasteiger partial charge in [0, 0.05) is 36.6 Å². The fourth-order valence-corrected chi connectivity index (χ4v) is 2.12. The monoisotopic (exact) mass is 286 g/mol. The zero-order valence-electron chi connectivity index (χ0n) is 12.3. The summed E-state index contributed by atoms with van der Waals surface area (Å²) in [6, 6.07) is 11.7. The van der Waals surface area contributed by atoms with Crippen LogP contribution in [0.3, 0.4) is 0 Å². The van der Waals surface area contributed by atoms with Gasteiger partial charge in [0.15, 0.2) is 0 Å². The SMILES string of the molecule is CCN(CC)c1ccc(C=Nc2ccccc2F)c(O)c1.